The predicted octanol–water partition coefficient (Wildman–Crippen LogP) is 1.24. The van der Waals surface area contributed by atoms with Gasteiger partial charge in [-0.25, -0.2) is 15.0 Å². The molecule has 0 atom stereocenters. The van der Waals surface area contributed by atoms with Gasteiger partial charge in [0.25, 0.3) is 0 Å². The van der Waals surface area contributed by atoms with E-state index in [1.54, 1.807) is 12.5 Å². The number of aryl methyl sites for hydroxylation is 1. The first-order valence-corrected chi connectivity index (χ1v) is 4.02. The van der Waals surface area contributed by atoms with Gasteiger partial charge in [-0.2, -0.15) is 0 Å². The summed E-state index contributed by atoms with van der Waals surface area (Å²) in [7, 11) is 0. The lowest BCUT2D eigenvalue weighted by molar-refractivity contribution is 0.691. The molecule has 0 aromatic carbocycles. The van der Waals surface area contributed by atoms with E-state index in [1.807, 2.05) is 10.9 Å². The summed E-state index contributed by atoms with van der Waals surface area (Å²) in [5.74, 6) is 0. The lowest BCUT2D eigenvalue weighted by atomic mass is 10.5. The molecule has 2 aromatic rings. The summed E-state index contributed by atoms with van der Waals surface area (Å²) >= 11 is 0. The van der Waals surface area contributed by atoms with Crippen molar-refractivity contribution in [2.24, 2.45) is 0 Å². The van der Waals surface area contributed by atoms with E-state index in [0.717, 1.165) is 24.1 Å². The number of aromatic nitrogens is 4. The van der Waals surface area contributed by atoms with Crippen LogP contribution in [0.25, 0.3) is 11.2 Å². The number of hydrogen-bond acceptors (Lipinski definition) is 3. The second-order valence-corrected chi connectivity index (χ2v) is 2.67. The normalized spacial score (nSPS) is 10.8. The highest BCUT2D eigenvalue weighted by Crippen LogP contribution is 2.06. The van der Waals surface area contributed by atoms with Gasteiger partial charge in [0.2, 0.25) is 0 Å². The smallest absolute Gasteiger partial charge is 0.163 e. The van der Waals surface area contributed by atoms with Crippen LogP contribution in [-0.2, 0) is 6.54 Å². The second kappa shape index (κ2) is 2.89. The van der Waals surface area contributed by atoms with E-state index in [1.165, 1.54) is 0 Å². The van der Waals surface area contributed by atoms with Crippen molar-refractivity contribution in [3.05, 3.63) is 18.9 Å². The van der Waals surface area contributed by atoms with Crippen LogP contribution in [0.15, 0.2) is 18.9 Å². The summed E-state index contributed by atoms with van der Waals surface area (Å²) < 4.78 is 2.04. The summed E-state index contributed by atoms with van der Waals surface area (Å²) in [6.45, 7) is 3.10. The average Bonchev–Trinajstić information content (AvgIpc) is 2.50. The van der Waals surface area contributed by atoms with E-state index in [9.17, 15) is 0 Å². The van der Waals surface area contributed by atoms with Crippen LogP contribution in [-0.4, -0.2) is 19.5 Å². The zero-order valence-corrected chi connectivity index (χ0v) is 6.94. The molecule has 0 spiro atoms. The van der Waals surface area contributed by atoms with E-state index >= 15 is 0 Å². The molecule has 0 saturated heterocycles. The molecule has 0 aliphatic heterocycles. The Labute approximate surface area is 70.3 Å². The first-order valence-electron chi connectivity index (χ1n) is 4.02. The molecule has 62 valence electrons. The minimum absolute atomic E-state index is 0.867. The maximum atomic E-state index is 4.18. The largest absolute Gasteiger partial charge is 0.315 e. The van der Waals surface area contributed by atoms with Crippen LogP contribution < -0.4 is 0 Å². The van der Waals surface area contributed by atoms with Crippen LogP contribution in [0.4, 0.5) is 0 Å². The Hall–Kier alpha value is -1.45. The van der Waals surface area contributed by atoms with Crippen LogP contribution in [0.3, 0.4) is 0 Å². The van der Waals surface area contributed by atoms with Gasteiger partial charge in [-0.05, 0) is 6.42 Å². The standard InChI is InChI=1S/C8H10N4/c1-2-3-12-6-11-7-4-9-5-10-8(7)12/h4-6H,2-3H2,1H3. The molecule has 0 radical (unpaired) electrons. The maximum absolute atomic E-state index is 4.18. The SMILES string of the molecule is CCCn1cnc2cncnc21. The molecule has 0 bridgehead atoms. The van der Waals surface area contributed by atoms with Crippen molar-refractivity contribution in [1.82, 2.24) is 19.5 Å². The highest BCUT2D eigenvalue weighted by Gasteiger charge is 2.00. The lowest BCUT2D eigenvalue weighted by Crippen LogP contribution is -1.95. The molecule has 0 unspecified atom stereocenters. The van der Waals surface area contributed by atoms with Crippen molar-refractivity contribution < 1.29 is 0 Å². The Kier molecular flexibility index (Phi) is 1.74. The van der Waals surface area contributed by atoms with Gasteiger partial charge in [0.15, 0.2) is 5.65 Å². The van der Waals surface area contributed by atoms with Crippen molar-refractivity contribution in [3.63, 3.8) is 0 Å². The summed E-state index contributed by atoms with van der Waals surface area (Å²) in [6, 6.07) is 0. The Morgan fingerprint density at radius 3 is 3.17 bits per heavy atom. The predicted molar refractivity (Wildman–Crippen MR) is 45.6 cm³/mol. The van der Waals surface area contributed by atoms with Crippen molar-refractivity contribution in [3.8, 4) is 0 Å². The van der Waals surface area contributed by atoms with Crippen molar-refractivity contribution in [1.29, 1.82) is 0 Å². The number of rotatable bonds is 2. The monoisotopic (exact) mass is 162 g/mol. The van der Waals surface area contributed by atoms with Gasteiger partial charge in [-0.15, -0.1) is 0 Å². The maximum Gasteiger partial charge on any atom is 0.163 e. The van der Waals surface area contributed by atoms with E-state index in [2.05, 4.69) is 21.9 Å². The summed E-state index contributed by atoms with van der Waals surface area (Å²) in [5, 5.41) is 0. The molecule has 4 heteroatoms. The zero-order valence-electron chi connectivity index (χ0n) is 6.94. The molecule has 0 aliphatic rings. The van der Waals surface area contributed by atoms with Crippen molar-refractivity contribution in [2.75, 3.05) is 0 Å². The summed E-state index contributed by atoms with van der Waals surface area (Å²) in [6.07, 6.45) is 6.18. The minimum atomic E-state index is 0.867. The highest BCUT2D eigenvalue weighted by atomic mass is 15.1. The highest BCUT2D eigenvalue weighted by molar-refractivity contribution is 5.68. The van der Waals surface area contributed by atoms with Crippen LogP contribution in [0.5, 0.6) is 0 Å². The molecule has 0 saturated carbocycles. The number of hydrogen-bond donors (Lipinski definition) is 0. The Morgan fingerprint density at radius 1 is 1.42 bits per heavy atom. The van der Waals surface area contributed by atoms with Crippen LogP contribution in [0.1, 0.15) is 13.3 Å². The molecule has 2 heterocycles. The molecular weight excluding hydrogens is 152 g/mol. The van der Waals surface area contributed by atoms with Gasteiger partial charge in [0.05, 0.1) is 12.5 Å². The topological polar surface area (TPSA) is 43.6 Å². The van der Waals surface area contributed by atoms with Crippen molar-refractivity contribution in [2.45, 2.75) is 19.9 Å². The van der Waals surface area contributed by atoms with Crippen molar-refractivity contribution >= 4 is 11.2 Å². The summed E-state index contributed by atoms with van der Waals surface area (Å²) in [4.78, 5) is 12.2. The zero-order chi connectivity index (χ0) is 8.39. The fraction of sp³-hybridized carbons (Fsp3) is 0.375. The molecule has 0 N–H and O–H groups in total. The van der Waals surface area contributed by atoms with Gasteiger partial charge in [0.1, 0.15) is 11.8 Å². The van der Waals surface area contributed by atoms with E-state index in [-0.39, 0.29) is 0 Å². The van der Waals surface area contributed by atoms with Gasteiger partial charge in [0, 0.05) is 6.54 Å². The minimum Gasteiger partial charge on any atom is -0.315 e. The van der Waals surface area contributed by atoms with Gasteiger partial charge < -0.3 is 4.57 Å². The third-order valence-corrected chi connectivity index (χ3v) is 1.75. The fourth-order valence-electron chi connectivity index (χ4n) is 1.22. The molecule has 0 fully saturated rings. The summed E-state index contributed by atoms with van der Waals surface area (Å²) in [5.41, 5.74) is 1.79. The van der Waals surface area contributed by atoms with Crippen LogP contribution in [0, 0.1) is 0 Å². The third kappa shape index (κ3) is 1.05. The fourth-order valence-corrected chi connectivity index (χ4v) is 1.22. The molecule has 2 aromatic heterocycles. The lowest BCUT2D eigenvalue weighted by Gasteiger charge is -1.97. The molecular formula is C8H10N4. The first-order chi connectivity index (χ1) is 5.92. The number of nitrogens with zero attached hydrogens (tertiary/aromatic N) is 4. The van der Waals surface area contributed by atoms with Gasteiger partial charge in [-0.3, -0.25) is 0 Å². The van der Waals surface area contributed by atoms with E-state index in [4.69, 9.17) is 0 Å². The molecule has 2 rings (SSSR count). The number of fused-ring (bicyclic) bond motifs is 1. The molecule has 12 heavy (non-hydrogen) atoms. The molecule has 0 aliphatic carbocycles. The quantitative estimate of drug-likeness (QED) is 0.667. The second-order valence-electron chi connectivity index (χ2n) is 2.67. The molecule has 0 amide bonds. The Balaban J connectivity index is 2.55. The first kappa shape index (κ1) is 7.21. The van der Waals surface area contributed by atoms with Crippen LogP contribution in [0.2, 0.25) is 0 Å². The van der Waals surface area contributed by atoms with Gasteiger partial charge >= 0.3 is 0 Å². The van der Waals surface area contributed by atoms with Gasteiger partial charge in [-0.1, -0.05) is 6.92 Å². The van der Waals surface area contributed by atoms with Crippen LogP contribution >= 0.6 is 0 Å². The number of imidazole rings is 1. The van der Waals surface area contributed by atoms with E-state index < -0.39 is 0 Å². The Bertz CT molecular complexity index is 379. The van der Waals surface area contributed by atoms with E-state index in [0.29, 0.717) is 0 Å². The average molecular weight is 162 g/mol. The Morgan fingerprint density at radius 2 is 2.33 bits per heavy atom. The molecule has 4 nitrogen and oxygen atoms in total. The third-order valence-electron chi connectivity index (χ3n) is 1.75.